The number of carbonyl (C=O) groups excluding carboxylic acids is 2. The van der Waals surface area contributed by atoms with Gasteiger partial charge in [-0.05, 0) is 24.8 Å². The van der Waals surface area contributed by atoms with Crippen LogP contribution in [0.1, 0.15) is 38.2 Å². The molecule has 0 radical (unpaired) electrons. The van der Waals surface area contributed by atoms with Crippen molar-refractivity contribution in [2.45, 2.75) is 45.2 Å². The fourth-order valence-electron chi connectivity index (χ4n) is 4.19. The lowest BCUT2D eigenvalue weighted by atomic mass is 9.95. The van der Waals surface area contributed by atoms with Gasteiger partial charge in [-0.25, -0.2) is 4.39 Å². The van der Waals surface area contributed by atoms with Crippen LogP contribution in [0.5, 0.6) is 0 Å². The summed E-state index contributed by atoms with van der Waals surface area (Å²) in [5, 5.41) is 2.95. The second-order valence-corrected chi connectivity index (χ2v) is 7.34. The van der Waals surface area contributed by atoms with Crippen molar-refractivity contribution in [3.8, 4) is 0 Å². The molecular weight excluding hydrogens is 333 g/mol. The predicted molar refractivity (Wildman–Crippen MR) is 97.8 cm³/mol. The van der Waals surface area contributed by atoms with Crippen LogP contribution in [0, 0.1) is 11.7 Å². The zero-order chi connectivity index (χ0) is 18.5. The van der Waals surface area contributed by atoms with Crippen LogP contribution in [0.15, 0.2) is 24.3 Å². The molecule has 5 nitrogen and oxygen atoms in total. The maximum Gasteiger partial charge on any atom is 0.237 e. The molecule has 1 saturated carbocycles. The van der Waals surface area contributed by atoms with Gasteiger partial charge >= 0.3 is 0 Å². The Bertz CT molecular complexity index is 638. The first-order valence-corrected chi connectivity index (χ1v) is 9.57. The minimum atomic E-state index is -0.291. The SMILES string of the molecule is CC(=O)N1CCN(C(C(=O)NCc2ccccc2F)C2CCCC2)CC1. The first kappa shape index (κ1) is 18.8. The van der Waals surface area contributed by atoms with Crippen LogP contribution in [-0.2, 0) is 16.1 Å². The summed E-state index contributed by atoms with van der Waals surface area (Å²) in [7, 11) is 0. The molecule has 142 valence electrons. The van der Waals surface area contributed by atoms with E-state index in [0.29, 0.717) is 37.7 Å². The van der Waals surface area contributed by atoms with Gasteiger partial charge in [-0.2, -0.15) is 0 Å². The van der Waals surface area contributed by atoms with Gasteiger partial charge in [0.05, 0.1) is 6.04 Å². The summed E-state index contributed by atoms with van der Waals surface area (Å²) in [6.45, 7) is 4.56. The first-order valence-electron chi connectivity index (χ1n) is 9.57. The number of carbonyl (C=O) groups is 2. The number of rotatable bonds is 5. The quantitative estimate of drug-likeness (QED) is 0.874. The van der Waals surface area contributed by atoms with Gasteiger partial charge in [0.1, 0.15) is 5.82 Å². The van der Waals surface area contributed by atoms with E-state index in [-0.39, 0.29) is 30.2 Å². The Morgan fingerprint density at radius 3 is 2.42 bits per heavy atom. The molecule has 1 heterocycles. The lowest BCUT2D eigenvalue weighted by molar-refractivity contribution is -0.133. The molecule has 2 aliphatic rings. The van der Waals surface area contributed by atoms with E-state index in [1.165, 1.54) is 6.07 Å². The molecule has 1 aromatic rings. The van der Waals surface area contributed by atoms with E-state index in [4.69, 9.17) is 0 Å². The standard InChI is InChI=1S/C20H28FN3O2/c1-15(25)23-10-12-24(13-11-23)19(16-6-2-3-7-16)20(26)22-14-17-8-4-5-9-18(17)21/h4-5,8-9,16,19H,2-3,6-7,10-14H2,1H3,(H,22,26). The van der Waals surface area contributed by atoms with Gasteiger partial charge in [0.15, 0.2) is 0 Å². The van der Waals surface area contributed by atoms with E-state index in [1.54, 1.807) is 25.1 Å². The van der Waals surface area contributed by atoms with Gasteiger partial charge in [0.2, 0.25) is 11.8 Å². The molecule has 0 bridgehead atoms. The fraction of sp³-hybridized carbons (Fsp3) is 0.600. The number of hydrogen-bond donors (Lipinski definition) is 1. The van der Waals surface area contributed by atoms with Gasteiger partial charge in [-0.3, -0.25) is 14.5 Å². The molecule has 2 fully saturated rings. The van der Waals surface area contributed by atoms with Crippen LogP contribution < -0.4 is 5.32 Å². The third kappa shape index (κ3) is 4.41. The van der Waals surface area contributed by atoms with Crippen molar-refractivity contribution in [3.05, 3.63) is 35.6 Å². The van der Waals surface area contributed by atoms with Crippen LogP contribution in [0.4, 0.5) is 4.39 Å². The minimum absolute atomic E-state index is 0.0172. The predicted octanol–water partition coefficient (Wildman–Crippen LogP) is 2.16. The lowest BCUT2D eigenvalue weighted by Crippen LogP contribution is -2.57. The second-order valence-electron chi connectivity index (χ2n) is 7.34. The number of nitrogens with zero attached hydrogens (tertiary/aromatic N) is 2. The number of piperazine rings is 1. The molecule has 3 rings (SSSR count). The molecule has 0 spiro atoms. The molecule has 1 saturated heterocycles. The van der Waals surface area contributed by atoms with Gasteiger partial charge in [-0.15, -0.1) is 0 Å². The average Bonchev–Trinajstić information content (AvgIpc) is 3.16. The Morgan fingerprint density at radius 2 is 1.81 bits per heavy atom. The molecule has 1 unspecified atom stereocenters. The largest absolute Gasteiger partial charge is 0.351 e. The highest BCUT2D eigenvalue weighted by Gasteiger charge is 2.36. The van der Waals surface area contributed by atoms with Crippen molar-refractivity contribution in [2.75, 3.05) is 26.2 Å². The first-order chi connectivity index (χ1) is 12.6. The second kappa shape index (κ2) is 8.62. The zero-order valence-corrected chi connectivity index (χ0v) is 15.4. The lowest BCUT2D eigenvalue weighted by Gasteiger charge is -2.40. The molecule has 1 atom stereocenters. The molecule has 6 heteroatoms. The summed E-state index contributed by atoms with van der Waals surface area (Å²) in [5.41, 5.74) is 0.507. The number of nitrogens with one attached hydrogen (secondary N) is 1. The number of amides is 2. The van der Waals surface area contributed by atoms with E-state index >= 15 is 0 Å². The third-order valence-corrected chi connectivity index (χ3v) is 5.68. The molecular formula is C20H28FN3O2. The Hall–Kier alpha value is -1.95. The van der Waals surface area contributed by atoms with Crippen molar-refractivity contribution < 1.29 is 14.0 Å². The molecule has 1 aliphatic carbocycles. The Balaban J connectivity index is 1.65. The van der Waals surface area contributed by atoms with Crippen molar-refractivity contribution in [2.24, 2.45) is 5.92 Å². The molecule has 1 aromatic carbocycles. The van der Waals surface area contributed by atoms with Gasteiger partial charge in [0, 0.05) is 45.2 Å². The van der Waals surface area contributed by atoms with E-state index in [9.17, 15) is 14.0 Å². The summed E-state index contributed by atoms with van der Waals surface area (Å²) in [4.78, 5) is 28.6. The topological polar surface area (TPSA) is 52.7 Å². The summed E-state index contributed by atoms with van der Waals surface area (Å²) >= 11 is 0. The Kier molecular flexibility index (Phi) is 6.25. The van der Waals surface area contributed by atoms with Crippen LogP contribution in [-0.4, -0.2) is 53.8 Å². The third-order valence-electron chi connectivity index (χ3n) is 5.68. The molecule has 2 amide bonds. The van der Waals surface area contributed by atoms with Gasteiger partial charge in [-0.1, -0.05) is 31.0 Å². The highest BCUT2D eigenvalue weighted by Crippen LogP contribution is 2.31. The average molecular weight is 361 g/mol. The number of halogens is 1. The number of benzene rings is 1. The molecule has 1 aliphatic heterocycles. The molecule has 1 N–H and O–H groups in total. The monoisotopic (exact) mass is 361 g/mol. The fourth-order valence-corrected chi connectivity index (χ4v) is 4.19. The van der Waals surface area contributed by atoms with Crippen molar-refractivity contribution >= 4 is 11.8 Å². The van der Waals surface area contributed by atoms with Crippen LogP contribution in [0.2, 0.25) is 0 Å². The van der Waals surface area contributed by atoms with E-state index in [2.05, 4.69) is 10.2 Å². The van der Waals surface area contributed by atoms with Crippen molar-refractivity contribution in [1.82, 2.24) is 15.1 Å². The normalized spacial score (nSPS) is 20.2. The van der Waals surface area contributed by atoms with Crippen molar-refractivity contribution in [3.63, 3.8) is 0 Å². The van der Waals surface area contributed by atoms with Gasteiger partial charge in [0.25, 0.3) is 0 Å². The van der Waals surface area contributed by atoms with E-state index in [1.807, 2.05) is 4.90 Å². The van der Waals surface area contributed by atoms with Crippen LogP contribution in [0.3, 0.4) is 0 Å². The highest BCUT2D eigenvalue weighted by atomic mass is 19.1. The van der Waals surface area contributed by atoms with Crippen LogP contribution >= 0.6 is 0 Å². The maximum absolute atomic E-state index is 13.8. The zero-order valence-electron chi connectivity index (χ0n) is 15.4. The van der Waals surface area contributed by atoms with Crippen molar-refractivity contribution in [1.29, 1.82) is 0 Å². The summed E-state index contributed by atoms with van der Waals surface area (Å²) in [6.07, 6.45) is 4.44. The molecule has 26 heavy (non-hydrogen) atoms. The van der Waals surface area contributed by atoms with E-state index in [0.717, 1.165) is 25.7 Å². The Labute approximate surface area is 154 Å². The highest BCUT2D eigenvalue weighted by molar-refractivity contribution is 5.82. The summed E-state index contributed by atoms with van der Waals surface area (Å²) < 4.78 is 13.8. The smallest absolute Gasteiger partial charge is 0.237 e. The Morgan fingerprint density at radius 1 is 1.15 bits per heavy atom. The number of hydrogen-bond acceptors (Lipinski definition) is 3. The maximum atomic E-state index is 13.8. The molecule has 0 aromatic heterocycles. The summed E-state index contributed by atoms with van der Waals surface area (Å²) in [5.74, 6) is 0.127. The summed E-state index contributed by atoms with van der Waals surface area (Å²) in [6, 6.07) is 6.36. The minimum Gasteiger partial charge on any atom is -0.351 e. The van der Waals surface area contributed by atoms with E-state index < -0.39 is 0 Å². The van der Waals surface area contributed by atoms with Gasteiger partial charge < -0.3 is 10.2 Å². The van der Waals surface area contributed by atoms with Crippen LogP contribution in [0.25, 0.3) is 0 Å².